The number of nitrogens with two attached hydrogens (primary N) is 1. The summed E-state index contributed by atoms with van der Waals surface area (Å²) in [5.41, 5.74) is 9.13. The largest absolute Gasteiger partial charge is 0.465 e. The van der Waals surface area contributed by atoms with Gasteiger partial charge < -0.3 is 20.4 Å². The van der Waals surface area contributed by atoms with Gasteiger partial charge in [0.15, 0.2) is 5.82 Å². The Bertz CT molecular complexity index is 757. The molecule has 0 bridgehead atoms. The first-order valence-electron chi connectivity index (χ1n) is 5.70. The highest BCUT2D eigenvalue weighted by molar-refractivity contribution is 5.94. The van der Waals surface area contributed by atoms with Gasteiger partial charge in [0.1, 0.15) is 0 Å². The molecule has 3 aromatic rings. The molecule has 19 heavy (non-hydrogen) atoms. The van der Waals surface area contributed by atoms with Gasteiger partial charge in [-0.25, -0.2) is 9.78 Å². The number of nitrogens with zero attached hydrogens (tertiary/aromatic N) is 1. The number of fused-ring (bicyclic) bond motifs is 1. The molecule has 0 amide bonds. The molecule has 0 radical (unpaired) electrons. The number of nitrogens with one attached hydrogen (secondary N) is 2. The highest BCUT2D eigenvalue weighted by atomic mass is 16.5. The lowest BCUT2D eigenvalue weighted by molar-refractivity contribution is 0.0601. The molecule has 0 fully saturated rings. The van der Waals surface area contributed by atoms with E-state index in [1.807, 2.05) is 0 Å². The lowest BCUT2D eigenvalue weighted by atomic mass is 10.2. The zero-order valence-electron chi connectivity index (χ0n) is 10.2. The first-order chi connectivity index (χ1) is 9.17. The van der Waals surface area contributed by atoms with Crippen molar-refractivity contribution in [1.82, 2.24) is 15.0 Å². The average Bonchev–Trinajstić information content (AvgIpc) is 3.02. The summed E-state index contributed by atoms with van der Waals surface area (Å²) in [5.74, 6) is 0.302. The van der Waals surface area contributed by atoms with Gasteiger partial charge in [0.2, 0.25) is 0 Å². The Morgan fingerprint density at radius 3 is 2.89 bits per heavy atom. The Balaban J connectivity index is 2.08. The number of nitrogen functional groups attached to an aromatic ring is 1. The predicted molar refractivity (Wildman–Crippen MR) is 71.6 cm³/mol. The molecule has 0 saturated heterocycles. The third kappa shape index (κ3) is 1.93. The number of anilines is 1. The summed E-state index contributed by atoms with van der Waals surface area (Å²) >= 11 is 0. The minimum Gasteiger partial charge on any atom is -0.465 e. The van der Waals surface area contributed by atoms with Crippen LogP contribution in [0, 0.1) is 0 Å². The SMILES string of the molecule is COC(=O)c1ccc2nc(-c3cc(N)c[nH]3)[nH]c2c1. The minimum atomic E-state index is -0.373. The van der Waals surface area contributed by atoms with Gasteiger partial charge in [-0.05, 0) is 24.3 Å². The molecule has 0 aliphatic rings. The molecule has 1 aromatic carbocycles. The Hall–Kier alpha value is -2.76. The van der Waals surface area contributed by atoms with Crippen molar-refractivity contribution in [2.45, 2.75) is 0 Å². The number of carbonyl (C=O) groups is 1. The van der Waals surface area contributed by atoms with E-state index in [0.29, 0.717) is 17.1 Å². The lowest BCUT2D eigenvalue weighted by Crippen LogP contribution is -2.00. The number of H-pyrrole nitrogens is 2. The molecule has 3 rings (SSSR count). The van der Waals surface area contributed by atoms with Crippen molar-refractivity contribution in [1.29, 1.82) is 0 Å². The van der Waals surface area contributed by atoms with Crippen LogP contribution in [0.4, 0.5) is 5.69 Å². The van der Waals surface area contributed by atoms with Crippen molar-refractivity contribution in [2.75, 3.05) is 12.8 Å². The van der Waals surface area contributed by atoms with Gasteiger partial charge in [-0.15, -0.1) is 0 Å². The molecule has 2 aromatic heterocycles. The van der Waals surface area contributed by atoms with Crippen LogP contribution in [0.3, 0.4) is 0 Å². The number of carbonyl (C=O) groups excluding carboxylic acids is 1. The minimum absolute atomic E-state index is 0.373. The second kappa shape index (κ2) is 4.16. The number of rotatable bonds is 2. The summed E-state index contributed by atoms with van der Waals surface area (Å²) in [6.45, 7) is 0. The number of benzene rings is 1. The molecule has 0 spiro atoms. The van der Waals surface area contributed by atoms with Crippen LogP contribution in [0.25, 0.3) is 22.6 Å². The van der Waals surface area contributed by atoms with E-state index in [4.69, 9.17) is 5.73 Å². The van der Waals surface area contributed by atoms with Crippen LogP contribution >= 0.6 is 0 Å². The van der Waals surface area contributed by atoms with E-state index in [1.165, 1.54) is 7.11 Å². The summed E-state index contributed by atoms with van der Waals surface area (Å²) in [7, 11) is 1.35. The van der Waals surface area contributed by atoms with E-state index >= 15 is 0 Å². The Labute approximate surface area is 108 Å². The van der Waals surface area contributed by atoms with E-state index in [9.17, 15) is 4.79 Å². The zero-order chi connectivity index (χ0) is 13.4. The Morgan fingerprint density at radius 2 is 2.21 bits per heavy atom. The van der Waals surface area contributed by atoms with E-state index in [-0.39, 0.29) is 5.97 Å². The van der Waals surface area contributed by atoms with Crippen molar-refractivity contribution >= 4 is 22.7 Å². The second-order valence-corrected chi connectivity index (χ2v) is 4.16. The van der Waals surface area contributed by atoms with Gasteiger partial charge >= 0.3 is 5.97 Å². The highest BCUT2D eigenvalue weighted by Gasteiger charge is 2.10. The zero-order valence-corrected chi connectivity index (χ0v) is 10.2. The molecular formula is C13H12N4O2. The third-order valence-electron chi connectivity index (χ3n) is 2.86. The first kappa shape index (κ1) is 11.3. The van der Waals surface area contributed by atoms with Crippen molar-refractivity contribution in [2.24, 2.45) is 0 Å². The number of ether oxygens (including phenoxy) is 1. The number of hydrogen-bond acceptors (Lipinski definition) is 4. The third-order valence-corrected chi connectivity index (χ3v) is 2.86. The van der Waals surface area contributed by atoms with Crippen molar-refractivity contribution in [3.63, 3.8) is 0 Å². The van der Waals surface area contributed by atoms with Gasteiger partial charge in [-0.1, -0.05) is 0 Å². The highest BCUT2D eigenvalue weighted by Crippen LogP contribution is 2.22. The number of methoxy groups -OCH3 is 1. The van der Waals surface area contributed by atoms with E-state index in [0.717, 1.165) is 16.7 Å². The monoisotopic (exact) mass is 256 g/mol. The maximum atomic E-state index is 11.5. The maximum Gasteiger partial charge on any atom is 0.337 e. The van der Waals surface area contributed by atoms with Crippen LogP contribution in [0.15, 0.2) is 30.5 Å². The van der Waals surface area contributed by atoms with Gasteiger partial charge in [0, 0.05) is 11.9 Å². The molecule has 96 valence electrons. The second-order valence-electron chi connectivity index (χ2n) is 4.16. The standard InChI is InChI=1S/C13H12N4O2/c1-19-13(18)7-2-3-9-10(4-7)17-12(16-9)11-5-8(14)6-15-11/h2-6,15H,14H2,1H3,(H,16,17). The smallest absolute Gasteiger partial charge is 0.337 e. The molecular weight excluding hydrogens is 244 g/mol. The topological polar surface area (TPSA) is 96.8 Å². The van der Waals surface area contributed by atoms with Crippen molar-refractivity contribution in [3.8, 4) is 11.5 Å². The summed E-state index contributed by atoms with van der Waals surface area (Å²) in [5, 5.41) is 0. The number of imidazole rings is 1. The molecule has 0 saturated carbocycles. The first-order valence-corrected chi connectivity index (χ1v) is 5.70. The summed E-state index contributed by atoms with van der Waals surface area (Å²) in [6.07, 6.45) is 1.70. The van der Waals surface area contributed by atoms with Crippen LogP contribution in [0.2, 0.25) is 0 Å². The molecule has 0 aliphatic carbocycles. The van der Waals surface area contributed by atoms with Crippen molar-refractivity contribution < 1.29 is 9.53 Å². The molecule has 6 nitrogen and oxygen atoms in total. The number of hydrogen-bond donors (Lipinski definition) is 3. The molecule has 0 atom stereocenters. The van der Waals surface area contributed by atoms with Gasteiger partial charge in [0.05, 0.1) is 29.4 Å². The van der Waals surface area contributed by atoms with Gasteiger partial charge in [-0.2, -0.15) is 0 Å². The summed E-state index contributed by atoms with van der Waals surface area (Å²) in [6, 6.07) is 6.96. The fourth-order valence-electron chi connectivity index (χ4n) is 1.93. The van der Waals surface area contributed by atoms with E-state index in [1.54, 1.807) is 30.5 Å². The van der Waals surface area contributed by atoms with Crippen LogP contribution in [0.5, 0.6) is 0 Å². The molecule has 0 unspecified atom stereocenters. The summed E-state index contributed by atoms with van der Waals surface area (Å²) in [4.78, 5) is 22.0. The molecule has 2 heterocycles. The van der Waals surface area contributed by atoms with Crippen LogP contribution < -0.4 is 5.73 Å². The fraction of sp³-hybridized carbons (Fsp3) is 0.0769. The van der Waals surface area contributed by atoms with Gasteiger partial charge in [-0.3, -0.25) is 0 Å². The quantitative estimate of drug-likeness (QED) is 0.610. The maximum absolute atomic E-state index is 11.5. The van der Waals surface area contributed by atoms with Crippen LogP contribution in [-0.2, 0) is 4.74 Å². The Morgan fingerprint density at radius 1 is 1.37 bits per heavy atom. The molecule has 0 aliphatic heterocycles. The van der Waals surface area contributed by atoms with Gasteiger partial charge in [0.25, 0.3) is 0 Å². The van der Waals surface area contributed by atoms with E-state index < -0.39 is 0 Å². The number of aromatic amines is 2. The normalized spacial score (nSPS) is 10.8. The molecule has 6 heteroatoms. The molecule has 4 N–H and O–H groups in total. The number of esters is 1. The Kier molecular flexibility index (Phi) is 2.49. The van der Waals surface area contributed by atoms with Crippen molar-refractivity contribution in [3.05, 3.63) is 36.0 Å². The lowest BCUT2D eigenvalue weighted by Gasteiger charge is -1.97. The summed E-state index contributed by atoms with van der Waals surface area (Å²) < 4.78 is 4.68. The average molecular weight is 256 g/mol. The van der Waals surface area contributed by atoms with Crippen LogP contribution in [0.1, 0.15) is 10.4 Å². The van der Waals surface area contributed by atoms with E-state index in [2.05, 4.69) is 19.7 Å². The number of aromatic nitrogens is 3. The fourth-order valence-corrected chi connectivity index (χ4v) is 1.93. The predicted octanol–water partition coefficient (Wildman–Crippen LogP) is 1.93. The van der Waals surface area contributed by atoms with Crippen LogP contribution in [-0.4, -0.2) is 28.0 Å².